The highest BCUT2D eigenvalue weighted by molar-refractivity contribution is 5.79. The molecule has 2 N–H and O–H groups in total. The van der Waals surface area contributed by atoms with Crippen molar-refractivity contribution < 1.29 is 28.7 Å². The number of halogens is 1. The average molecular weight is 257 g/mol. The first kappa shape index (κ1) is 13.9. The Bertz CT molecular complexity index is 420. The van der Waals surface area contributed by atoms with Crippen molar-refractivity contribution >= 4 is 11.9 Å². The second-order valence-corrected chi connectivity index (χ2v) is 3.36. The molecule has 0 saturated carbocycles. The first-order valence-electron chi connectivity index (χ1n) is 5.04. The van der Waals surface area contributed by atoms with Gasteiger partial charge in [-0.25, -0.2) is 14.7 Å². The van der Waals surface area contributed by atoms with Gasteiger partial charge in [-0.1, -0.05) is 0 Å². The molecule has 0 bridgehead atoms. The number of carboxylic acid groups (broad SMARTS) is 1. The summed E-state index contributed by atoms with van der Waals surface area (Å²) in [5.74, 6) is -1.94. The Labute approximate surface area is 102 Å². The summed E-state index contributed by atoms with van der Waals surface area (Å²) >= 11 is 0. The summed E-state index contributed by atoms with van der Waals surface area (Å²) in [6, 6.07) is 5.14. The van der Waals surface area contributed by atoms with Crippen molar-refractivity contribution in [3.8, 4) is 5.75 Å². The molecule has 1 rings (SSSR count). The largest absolute Gasteiger partial charge is 0.481 e. The average Bonchev–Trinajstić information content (AvgIpc) is 2.31. The maximum absolute atomic E-state index is 12.6. The number of carboxylic acids is 1. The van der Waals surface area contributed by atoms with E-state index in [0.29, 0.717) is 5.75 Å². The fourth-order valence-corrected chi connectivity index (χ4v) is 1.02. The quantitative estimate of drug-likeness (QED) is 0.734. The van der Waals surface area contributed by atoms with Crippen LogP contribution < -0.4 is 10.2 Å². The zero-order valence-electron chi connectivity index (χ0n) is 9.55. The Morgan fingerprint density at radius 2 is 2.00 bits per heavy atom. The molecule has 0 aliphatic carbocycles. The number of hydrogen-bond donors (Lipinski definition) is 2. The molecule has 1 unspecified atom stereocenters. The Morgan fingerprint density at radius 3 is 2.56 bits per heavy atom. The van der Waals surface area contributed by atoms with Crippen LogP contribution >= 0.6 is 0 Å². The highest BCUT2D eigenvalue weighted by atomic mass is 19.1. The molecule has 0 aliphatic rings. The van der Waals surface area contributed by atoms with E-state index in [4.69, 9.17) is 9.84 Å². The summed E-state index contributed by atoms with van der Waals surface area (Å²) in [6.07, 6.45) is -0.899. The monoisotopic (exact) mass is 257 g/mol. The first-order chi connectivity index (χ1) is 8.49. The Balaban J connectivity index is 2.39. The van der Waals surface area contributed by atoms with E-state index in [1.807, 2.05) is 5.48 Å². The van der Waals surface area contributed by atoms with Gasteiger partial charge in [-0.15, -0.1) is 0 Å². The van der Waals surface area contributed by atoms with Crippen molar-refractivity contribution in [1.29, 1.82) is 0 Å². The third kappa shape index (κ3) is 4.79. The van der Waals surface area contributed by atoms with Gasteiger partial charge < -0.3 is 9.84 Å². The molecule has 18 heavy (non-hydrogen) atoms. The minimum absolute atomic E-state index is 0.317. The summed E-state index contributed by atoms with van der Waals surface area (Å²) in [4.78, 5) is 25.9. The lowest BCUT2D eigenvalue weighted by Gasteiger charge is -2.13. The highest BCUT2D eigenvalue weighted by Crippen LogP contribution is 2.12. The molecular formula is C11H12FNO5. The van der Waals surface area contributed by atoms with Gasteiger partial charge in [0.05, 0.1) is 0 Å². The molecule has 0 saturated heterocycles. The number of nitrogens with one attached hydrogen (secondary N) is 1. The van der Waals surface area contributed by atoms with Crippen LogP contribution in [0.5, 0.6) is 5.75 Å². The van der Waals surface area contributed by atoms with Crippen LogP contribution in [0.25, 0.3) is 0 Å². The number of benzene rings is 1. The zero-order chi connectivity index (χ0) is 13.5. The molecule has 0 aromatic heterocycles. The standard InChI is InChI=1S/C11H12FNO5/c1-7(11(16)13-17-6-10(14)15)18-9-4-2-8(12)3-5-9/h2-5,7H,6H2,1H3,(H,13,16)(H,14,15). The maximum Gasteiger partial charge on any atom is 0.332 e. The molecule has 0 aliphatic heterocycles. The normalized spacial score (nSPS) is 11.7. The number of carbonyl (C=O) groups is 2. The molecular weight excluding hydrogens is 245 g/mol. The first-order valence-corrected chi connectivity index (χ1v) is 5.04. The number of carbonyl (C=O) groups excluding carboxylic acids is 1. The molecule has 6 nitrogen and oxygen atoms in total. The molecule has 98 valence electrons. The molecule has 0 fully saturated rings. The van der Waals surface area contributed by atoms with E-state index in [2.05, 4.69) is 4.84 Å². The summed E-state index contributed by atoms with van der Waals surface area (Å²) < 4.78 is 17.8. The fourth-order valence-electron chi connectivity index (χ4n) is 1.02. The van der Waals surface area contributed by atoms with E-state index in [-0.39, 0.29) is 0 Å². The van der Waals surface area contributed by atoms with Gasteiger partial charge in [0.25, 0.3) is 5.91 Å². The lowest BCUT2D eigenvalue weighted by Crippen LogP contribution is -2.37. The van der Waals surface area contributed by atoms with Gasteiger partial charge >= 0.3 is 5.97 Å². The number of rotatable bonds is 6. The third-order valence-electron chi connectivity index (χ3n) is 1.86. The van der Waals surface area contributed by atoms with Gasteiger partial charge in [-0.3, -0.25) is 9.63 Å². The van der Waals surface area contributed by atoms with Crippen molar-refractivity contribution in [2.45, 2.75) is 13.0 Å². The number of amides is 1. The van der Waals surface area contributed by atoms with Crippen LogP contribution in [0.2, 0.25) is 0 Å². The maximum atomic E-state index is 12.6. The predicted octanol–water partition coefficient (Wildman–Crippen LogP) is 0.725. The van der Waals surface area contributed by atoms with Crippen LogP contribution in [0.3, 0.4) is 0 Å². The topological polar surface area (TPSA) is 84.9 Å². The Morgan fingerprint density at radius 1 is 1.39 bits per heavy atom. The van der Waals surface area contributed by atoms with Crippen molar-refractivity contribution in [3.05, 3.63) is 30.1 Å². The second-order valence-electron chi connectivity index (χ2n) is 3.36. The van der Waals surface area contributed by atoms with Gasteiger partial charge in [-0.2, -0.15) is 0 Å². The van der Waals surface area contributed by atoms with E-state index in [9.17, 15) is 14.0 Å². The van der Waals surface area contributed by atoms with E-state index in [1.54, 1.807) is 0 Å². The van der Waals surface area contributed by atoms with Crippen molar-refractivity contribution in [2.24, 2.45) is 0 Å². The molecule has 0 heterocycles. The van der Waals surface area contributed by atoms with Crippen LogP contribution in [0.1, 0.15) is 6.92 Å². The van der Waals surface area contributed by atoms with E-state index in [1.165, 1.54) is 31.2 Å². The summed E-state index contributed by atoms with van der Waals surface area (Å²) in [5.41, 5.74) is 1.93. The van der Waals surface area contributed by atoms with E-state index >= 15 is 0 Å². The van der Waals surface area contributed by atoms with Gasteiger partial charge in [0.2, 0.25) is 0 Å². The lowest BCUT2D eigenvalue weighted by molar-refractivity contribution is -0.151. The molecule has 0 radical (unpaired) electrons. The number of hydroxylamine groups is 1. The Kier molecular flexibility index (Phi) is 5.06. The van der Waals surface area contributed by atoms with Gasteiger partial charge in [0.1, 0.15) is 11.6 Å². The van der Waals surface area contributed by atoms with Crippen LogP contribution in [0, 0.1) is 5.82 Å². The van der Waals surface area contributed by atoms with Crippen LogP contribution in [0.4, 0.5) is 4.39 Å². The minimum Gasteiger partial charge on any atom is -0.481 e. The van der Waals surface area contributed by atoms with Gasteiger partial charge in [-0.05, 0) is 31.2 Å². The third-order valence-corrected chi connectivity index (χ3v) is 1.86. The van der Waals surface area contributed by atoms with E-state index in [0.717, 1.165) is 0 Å². The molecule has 1 amide bonds. The summed E-state index contributed by atoms with van der Waals surface area (Å²) in [6.45, 7) is 0.803. The van der Waals surface area contributed by atoms with Crippen molar-refractivity contribution in [3.63, 3.8) is 0 Å². The van der Waals surface area contributed by atoms with Gasteiger partial charge in [0, 0.05) is 0 Å². The van der Waals surface area contributed by atoms with E-state index < -0.39 is 30.4 Å². The SMILES string of the molecule is CC(Oc1ccc(F)cc1)C(=O)NOCC(=O)O. The van der Waals surface area contributed by atoms with Crippen LogP contribution in [0.15, 0.2) is 24.3 Å². The fraction of sp³-hybridized carbons (Fsp3) is 0.273. The number of aliphatic carboxylic acids is 1. The summed E-state index contributed by atoms with van der Waals surface area (Å²) in [5, 5.41) is 8.28. The van der Waals surface area contributed by atoms with Crippen molar-refractivity contribution in [1.82, 2.24) is 5.48 Å². The molecule has 1 aromatic carbocycles. The number of ether oxygens (including phenoxy) is 1. The van der Waals surface area contributed by atoms with Gasteiger partial charge in [0.15, 0.2) is 12.7 Å². The highest BCUT2D eigenvalue weighted by Gasteiger charge is 2.15. The lowest BCUT2D eigenvalue weighted by atomic mass is 10.3. The molecule has 1 atom stereocenters. The molecule has 0 spiro atoms. The Hall–Kier alpha value is -2.15. The second kappa shape index (κ2) is 6.55. The molecule has 7 heteroatoms. The van der Waals surface area contributed by atoms with Crippen molar-refractivity contribution in [2.75, 3.05) is 6.61 Å². The molecule has 1 aromatic rings. The smallest absolute Gasteiger partial charge is 0.332 e. The summed E-state index contributed by atoms with van der Waals surface area (Å²) in [7, 11) is 0. The zero-order valence-corrected chi connectivity index (χ0v) is 9.55. The minimum atomic E-state index is -1.21. The number of hydrogen-bond acceptors (Lipinski definition) is 4. The van der Waals surface area contributed by atoms with Crippen LogP contribution in [-0.2, 0) is 14.4 Å². The predicted molar refractivity (Wildman–Crippen MR) is 58.2 cm³/mol. The van der Waals surface area contributed by atoms with Crippen LogP contribution in [-0.4, -0.2) is 29.7 Å².